The Labute approximate surface area is 182 Å². The number of rotatable bonds is 10. The van der Waals surface area contributed by atoms with Gasteiger partial charge in [-0.1, -0.05) is 60.7 Å². The van der Waals surface area contributed by atoms with Gasteiger partial charge in [-0.15, -0.1) is 11.3 Å². The van der Waals surface area contributed by atoms with Gasteiger partial charge < -0.3 is 15.8 Å². The molecule has 3 N–H and O–H groups in total. The van der Waals surface area contributed by atoms with Gasteiger partial charge >= 0.3 is 6.09 Å². The number of nitrogens with one attached hydrogen (secondary N) is 1. The molecular formula is C24H29N3O2S. The van der Waals surface area contributed by atoms with Crippen molar-refractivity contribution in [2.45, 2.75) is 51.3 Å². The van der Waals surface area contributed by atoms with E-state index < -0.39 is 6.09 Å². The zero-order chi connectivity index (χ0) is 21.2. The largest absolute Gasteiger partial charge is 0.444 e. The molecule has 3 rings (SSSR count). The lowest BCUT2D eigenvalue weighted by Gasteiger charge is -2.21. The molecular weight excluding hydrogens is 394 g/mol. The van der Waals surface area contributed by atoms with Crippen LogP contribution in [0.2, 0.25) is 0 Å². The number of aromatic nitrogens is 1. The number of thiazole rings is 1. The number of benzene rings is 2. The number of nitrogens with zero attached hydrogens (tertiary/aromatic N) is 1. The third-order valence-electron chi connectivity index (χ3n) is 4.89. The maximum absolute atomic E-state index is 12.4. The van der Waals surface area contributed by atoms with Crippen molar-refractivity contribution >= 4 is 17.4 Å². The van der Waals surface area contributed by atoms with Crippen LogP contribution in [-0.4, -0.2) is 23.2 Å². The van der Waals surface area contributed by atoms with E-state index in [9.17, 15) is 4.79 Å². The highest BCUT2D eigenvalue weighted by atomic mass is 32.1. The van der Waals surface area contributed by atoms with E-state index in [1.165, 1.54) is 22.5 Å². The van der Waals surface area contributed by atoms with Gasteiger partial charge in [0.1, 0.15) is 6.61 Å². The Hall–Kier alpha value is -2.70. The quantitative estimate of drug-likeness (QED) is 0.498. The Morgan fingerprint density at radius 3 is 2.27 bits per heavy atom. The van der Waals surface area contributed by atoms with E-state index in [1.807, 2.05) is 43.3 Å². The van der Waals surface area contributed by atoms with Crippen molar-refractivity contribution in [2.24, 2.45) is 5.73 Å². The fraction of sp³-hybridized carbons (Fsp3) is 0.333. The molecule has 0 bridgehead atoms. The van der Waals surface area contributed by atoms with Crippen LogP contribution in [0.4, 0.5) is 4.79 Å². The molecule has 0 aliphatic rings. The summed E-state index contributed by atoms with van der Waals surface area (Å²) in [7, 11) is 0. The van der Waals surface area contributed by atoms with Crippen molar-refractivity contribution < 1.29 is 9.53 Å². The minimum Gasteiger partial charge on any atom is -0.444 e. The van der Waals surface area contributed by atoms with Gasteiger partial charge in [0, 0.05) is 18.3 Å². The summed E-state index contributed by atoms with van der Waals surface area (Å²) >= 11 is 1.53. The molecule has 6 heteroatoms. The normalized spacial score (nSPS) is 12.9. The second kappa shape index (κ2) is 11.5. The number of ether oxygens (including phenoxy) is 1. The number of carbonyl (C=O) groups excluding carboxylic acids is 1. The summed E-state index contributed by atoms with van der Waals surface area (Å²) < 4.78 is 5.40. The molecule has 0 spiro atoms. The lowest BCUT2D eigenvalue weighted by molar-refractivity contribution is 0.135. The molecule has 0 radical (unpaired) electrons. The number of nitrogens with two attached hydrogens (primary N) is 1. The molecule has 0 unspecified atom stereocenters. The molecule has 1 heterocycles. The van der Waals surface area contributed by atoms with Crippen LogP contribution in [-0.2, 0) is 24.2 Å². The van der Waals surface area contributed by atoms with Crippen molar-refractivity contribution in [2.75, 3.05) is 0 Å². The van der Waals surface area contributed by atoms with E-state index >= 15 is 0 Å². The van der Waals surface area contributed by atoms with Crippen LogP contribution in [0.1, 0.15) is 33.9 Å². The van der Waals surface area contributed by atoms with Crippen molar-refractivity contribution in [1.29, 1.82) is 0 Å². The molecule has 30 heavy (non-hydrogen) atoms. The lowest BCUT2D eigenvalue weighted by Crippen LogP contribution is -2.38. The smallest absolute Gasteiger partial charge is 0.407 e. The highest BCUT2D eigenvalue weighted by Crippen LogP contribution is 2.14. The van der Waals surface area contributed by atoms with Gasteiger partial charge in [0.2, 0.25) is 0 Å². The first-order chi connectivity index (χ1) is 14.6. The molecule has 158 valence electrons. The van der Waals surface area contributed by atoms with Crippen LogP contribution in [0.3, 0.4) is 0 Å². The number of hydrogen-bond acceptors (Lipinski definition) is 5. The standard InChI is InChI=1S/C24H29N3O2S/c1-18-26-16-23(30-18)17-29-24(28)27-22(15-20-10-6-3-7-11-20)13-12-21(25)14-19-8-4-2-5-9-19/h2-11,16,21-22H,12-15,17,25H2,1H3,(H,27,28)/t21-,22-/m1/s1. The topological polar surface area (TPSA) is 77.2 Å². The molecule has 1 amide bonds. The first-order valence-corrected chi connectivity index (χ1v) is 11.1. The highest BCUT2D eigenvalue weighted by Gasteiger charge is 2.16. The monoisotopic (exact) mass is 423 g/mol. The number of hydrogen-bond donors (Lipinski definition) is 2. The van der Waals surface area contributed by atoms with Gasteiger partial charge in [0.05, 0.1) is 9.88 Å². The summed E-state index contributed by atoms with van der Waals surface area (Å²) in [5.74, 6) is 0. The van der Waals surface area contributed by atoms with Gasteiger partial charge in [-0.25, -0.2) is 9.78 Å². The molecule has 0 aliphatic heterocycles. The number of carbonyl (C=O) groups is 1. The first kappa shape index (κ1) is 22.0. The van der Waals surface area contributed by atoms with Gasteiger partial charge in [0.15, 0.2) is 0 Å². The molecule has 0 fully saturated rings. The second-order valence-corrected chi connectivity index (χ2v) is 8.80. The van der Waals surface area contributed by atoms with Gasteiger partial charge in [-0.2, -0.15) is 0 Å². The molecule has 2 atom stereocenters. The van der Waals surface area contributed by atoms with Crippen LogP contribution in [0, 0.1) is 6.92 Å². The summed E-state index contributed by atoms with van der Waals surface area (Å²) in [5.41, 5.74) is 8.78. The number of alkyl carbamates (subject to hydrolysis) is 1. The third-order valence-corrected chi connectivity index (χ3v) is 5.77. The van der Waals surface area contributed by atoms with E-state index in [4.69, 9.17) is 10.5 Å². The highest BCUT2D eigenvalue weighted by molar-refractivity contribution is 7.11. The predicted octanol–water partition coefficient (Wildman–Crippen LogP) is 4.64. The average molecular weight is 424 g/mol. The minimum atomic E-state index is -0.404. The zero-order valence-corrected chi connectivity index (χ0v) is 18.1. The Balaban J connectivity index is 1.53. The minimum absolute atomic E-state index is 0.0371. The van der Waals surface area contributed by atoms with Crippen LogP contribution in [0.5, 0.6) is 0 Å². The third kappa shape index (κ3) is 7.61. The van der Waals surface area contributed by atoms with Crippen molar-refractivity contribution in [1.82, 2.24) is 10.3 Å². The summed E-state index contributed by atoms with van der Waals surface area (Å²) in [6.45, 7) is 2.17. The molecule has 5 nitrogen and oxygen atoms in total. The maximum Gasteiger partial charge on any atom is 0.407 e. The molecule has 0 saturated heterocycles. The molecule has 2 aromatic carbocycles. The van der Waals surface area contributed by atoms with Gasteiger partial charge in [-0.05, 0) is 43.7 Å². The Kier molecular flexibility index (Phi) is 8.41. The summed E-state index contributed by atoms with van der Waals surface area (Å²) in [4.78, 5) is 17.5. The zero-order valence-electron chi connectivity index (χ0n) is 17.3. The van der Waals surface area contributed by atoms with Crippen molar-refractivity contribution in [3.05, 3.63) is 87.9 Å². The summed E-state index contributed by atoms with van der Waals surface area (Å²) in [6.07, 6.45) is 4.52. The van der Waals surface area contributed by atoms with E-state index in [1.54, 1.807) is 6.20 Å². The number of amides is 1. The van der Waals surface area contributed by atoms with E-state index in [0.29, 0.717) is 0 Å². The summed E-state index contributed by atoms with van der Waals surface area (Å²) in [5, 5.41) is 3.99. The molecule has 0 saturated carbocycles. The molecule has 3 aromatic rings. The number of aryl methyl sites for hydroxylation is 1. The SMILES string of the molecule is Cc1ncc(COC(=O)N[C@H](CC[C@@H](N)Cc2ccccc2)Cc2ccccc2)s1. The van der Waals surface area contributed by atoms with Gasteiger partial charge in [-0.3, -0.25) is 0 Å². The lowest BCUT2D eigenvalue weighted by atomic mass is 9.96. The van der Waals surface area contributed by atoms with Gasteiger partial charge in [0.25, 0.3) is 0 Å². The maximum atomic E-state index is 12.4. The Morgan fingerprint density at radius 1 is 1.03 bits per heavy atom. The second-order valence-electron chi connectivity index (χ2n) is 7.48. The van der Waals surface area contributed by atoms with Crippen molar-refractivity contribution in [3.8, 4) is 0 Å². The summed E-state index contributed by atoms with van der Waals surface area (Å²) in [6, 6.07) is 20.4. The average Bonchev–Trinajstić information content (AvgIpc) is 3.17. The van der Waals surface area contributed by atoms with E-state index in [2.05, 4.69) is 34.6 Å². The van der Waals surface area contributed by atoms with E-state index in [0.717, 1.165) is 35.6 Å². The molecule has 0 aliphatic carbocycles. The van der Waals surface area contributed by atoms with Crippen LogP contribution >= 0.6 is 11.3 Å². The van der Waals surface area contributed by atoms with E-state index in [-0.39, 0.29) is 18.7 Å². The Bertz CT molecular complexity index is 899. The van der Waals surface area contributed by atoms with Crippen LogP contribution in [0.15, 0.2) is 66.9 Å². The first-order valence-electron chi connectivity index (χ1n) is 10.3. The Morgan fingerprint density at radius 2 is 1.67 bits per heavy atom. The van der Waals surface area contributed by atoms with Crippen LogP contribution < -0.4 is 11.1 Å². The molecule has 1 aromatic heterocycles. The van der Waals surface area contributed by atoms with Crippen molar-refractivity contribution in [3.63, 3.8) is 0 Å². The predicted molar refractivity (Wildman–Crippen MR) is 121 cm³/mol. The van der Waals surface area contributed by atoms with Crippen LogP contribution in [0.25, 0.3) is 0 Å². The fourth-order valence-electron chi connectivity index (χ4n) is 3.38. The fourth-order valence-corrected chi connectivity index (χ4v) is 4.08.